The van der Waals surface area contributed by atoms with E-state index in [1.165, 1.54) is 11.6 Å². The molecule has 1 saturated carbocycles. The van der Waals surface area contributed by atoms with Gasteiger partial charge in [0.15, 0.2) is 0 Å². The molecular weight excluding hydrogens is 347 g/mol. The van der Waals surface area contributed by atoms with Gasteiger partial charge in [-0.1, -0.05) is 55.0 Å². The van der Waals surface area contributed by atoms with Gasteiger partial charge in [-0.15, -0.1) is 0 Å². The van der Waals surface area contributed by atoms with E-state index in [4.69, 9.17) is 0 Å². The molecule has 1 unspecified atom stereocenters. The highest BCUT2D eigenvalue weighted by Gasteiger charge is 2.44. The lowest BCUT2D eigenvalue weighted by Crippen LogP contribution is -2.40. The first-order valence-electron chi connectivity index (χ1n) is 10.5. The lowest BCUT2D eigenvalue weighted by Gasteiger charge is -2.41. The largest absolute Gasteiger partial charge is 0.297 e. The van der Waals surface area contributed by atoms with Crippen LogP contribution in [0.1, 0.15) is 57.1 Å². The molecule has 2 nitrogen and oxygen atoms in total. The van der Waals surface area contributed by atoms with Crippen molar-refractivity contribution in [2.45, 2.75) is 64.0 Å². The van der Waals surface area contributed by atoms with Crippen LogP contribution >= 0.6 is 0 Å². The summed E-state index contributed by atoms with van der Waals surface area (Å²) in [5, 5.41) is 10.2. The van der Waals surface area contributed by atoms with Crippen molar-refractivity contribution in [2.75, 3.05) is 6.54 Å². The summed E-state index contributed by atoms with van der Waals surface area (Å²) in [6.07, 6.45) is 4.81. The minimum atomic E-state index is -0.695. The van der Waals surface area contributed by atoms with Crippen molar-refractivity contribution in [2.24, 2.45) is 5.92 Å². The van der Waals surface area contributed by atoms with E-state index in [0.29, 0.717) is 18.0 Å². The maximum absolute atomic E-state index is 14.6. The van der Waals surface area contributed by atoms with E-state index in [0.717, 1.165) is 38.8 Å². The Morgan fingerprint density at radius 1 is 1.11 bits per heavy atom. The fraction of sp³-hybridized carbons (Fsp3) is 0.480. The third kappa shape index (κ3) is 4.45. The Balaban J connectivity index is 1.73. The van der Waals surface area contributed by atoms with Gasteiger partial charge < -0.3 is 0 Å². The third-order valence-corrected chi connectivity index (χ3v) is 6.33. The molecule has 0 N–H and O–H groups in total. The molecule has 0 aliphatic heterocycles. The first kappa shape index (κ1) is 20.6. The molecule has 0 heterocycles. The van der Waals surface area contributed by atoms with Crippen LogP contribution in [0, 0.1) is 23.1 Å². The summed E-state index contributed by atoms with van der Waals surface area (Å²) in [6, 6.07) is 20.4. The zero-order chi connectivity index (χ0) is 20.0. The smallest absolute Gasteiger partial charge is 0.128 e. The third-order valence-electron chi connectivity index (χ3n) is 6.33. The average Bonchev–Trinajstić information content (AvgIpc) is 2.66. The van der Waals surface area contributed by atoms with Crippen molar-refractivity contribution < 1.29 is 4.39 Å². The molecule has 2 aromatic rings. The van der Waals surface area contributed by atoms with E-state index in [2.05, 4.69) is 49.1 Å². The van der Waals surface area contributed by atoms with Gasteiger partial charge in [0.2, 0.25) is 0 Å². The van der Waals surface area contributed by atoms with Crippen molar-refractivity contribution in [3.63, 3.8) is 0 Å². The predicted octanol–water partition coefficient (Wildman–Crippen LogP) is 6.08. The Hall–Kier alpha value is -2.18. The molecule has 148 valence electrons. The molecule has 2 aromatic carbocycles. The molecule has 3 heteroatoms. The lowest BCUT2D eigenvalue weighted by molar-refractivity contribution is 0.167. The monoisotopic (exact) mass is 378 g/mol. The van der Waals surface area contributed by atoms with Crippen molar-refractivity contribution >= 4 is 0 Å². The SMILES string of the molecule is CC(C)N(CCCC(C#N)(c1ccccc1F)C1CCC1)Cc1ccccc1. The second kappa shape index (κ2) is 9.34. The predicted molar refractivity (Wildman–Crippen MR) is 112 cm³/mol. The second-order valence-corrected chi connectivity index (χ2v) is 8.34. The minimum absolute atomic E-state index is 0.235. The van der Waals surface area contributed by atoms with E-state index in [9.17, 15) is 9.65 Å². The number of halogens is 1. The van der Waals surface area contributed by atoms with Crippen LogP contribution in [0.25, 0.3) is 0 Å². The van der Waals surface area contributed by atoms with Gasteiger partial charge in [0.1, 0.15) is 5.82 Å². The first-order chi connectivity index (χ1) is 13.6. The first-order valence-corrected chi connectivity index (χ1v) is 10.5. The maximum Gasteiger partial charge on any atom is 0.128 e. The highest BCUT2D eigenvalue weighted by Crippen LogP contribution is 2.47. The Kier molecular flexibility index (Phi) is 6.86. The fourth-order valence-corrected chi connectivity index (χ4v) is 4.39. The summed E-state index contributed by atoms with van der Waals surface area (Å²) in [4.78, 5) is 2.44. The van der Waals surface area contributed by atoms with Crippen LogP contribution in [0.15, 0.2) is 54.6 Å². The van der Waals surface area contributed by atoms with E-state index in [-0.39, 0.29) is 11.7 Å². The molecule has 1 aliphatic carbocycles. The maximum atomic E-state index is 14.6. The number of rotatable bonds is 9. The zero-order valence-electron chi connectivity index (χ0n) is 17.1. The Morgan fingerprint density at radius 2 is 1.79 bits per heavy atom. The van der Waals surface area contributed by atoms with Crippen LogP contribution in [0.3, 0.4) is 0 Å². The summed E-state index contributed by atoms with van der Waals surface area (Å²) in [6.45, 7) is 6.24. The van der Waals surface area contributed by atoms with Gasteiger partial charge in [-0.2, -0.15) is 5.26 Å². The second-order valence-electron chi connectivity index (χ2n) is 8.34. The number of nitriles is 1. The van der Waals surface area contributed by atoms with Gasteiger partial charge in [-0.3, -0.25) is 4.90 Å². The molecule has 0 bridgehead atoms. The molecule has 3 rings (SSSR count). The van der Waals surface area contributed by atoms with E-state index in [1.54, 1.807) is 6.07 Å². The van der Waals surface area contributed by atoms with Gasteiger partial charge in [0.25, 0.3) is 0 Å². The van der Waals surface area contributed by atoms with E-state index in [1.807, 2.05) is 18.2 Å². The standard InChI is InChI=1S/C25H31FN2/c1-20(2)28(18-21-10-4-3-5-11-21)17-9-16-25(19-27,22-12-8-13-22)23-14-6-7-15-24(23)26/h3-7,10-11,14-15,20,22H,8-9,12-13,16-18H2,1-2H3. The van der Waals surface area contributed by atoms with Crippen LogP contribution in [-0.4, -0.2) is 17.5 Å². The highest BCUT2D eigenvalue weighted by molar-refractivity contribution is 5.35. The highest BCUT2D eigenvalue weighted by atomic mass is 19.1. The van der Waals surface area contributed by atoms with Crippen molar-refractivity contribution in [1.29, 1.82) is 5.26 Å². The van der Waals surface area contributed by atoms with Crippen LogP contribution < -0.4 is 0 Å². The van der Waals surface area contributed by atoms with Crippen LogP contribution in [-0.2, 0) is 12.0 Å². The molecule has 0 aromatic heterocycles. The van der Waals surface area contributed by atoms with Crippen molar-refractivity contribution in [3.05, 3.63) is 71.5 Å². The van der Waals surface area contributed by atoms with Gasteiger partial charge in [0.05, 0.1) is 11.5 Å². The molecule has 1 aliphatic rings. The van der Waals surface area contributed by atoms with Crippen molar-refractivity contribution in [3.8, 4) is 6.07 Å². The van der Waals surface area contributed by atoms with E-state index < -0.39 is 5.41 Å². The molecule has 0 saturated heterocycles. The topological polar surface area (TPSA) is 27.0 Å². The fourth-order valence-electron chi connectivity index (χ4n) is 4.39. The Morgan fingerprint density at radius 3 is 2.36 bits per heavy atom. The van der Waals surface area contributed by atoms with Crippen LogP contribution in [0.2, 0.25) is 0 Å². The quantitative estimate of drug-likeness (QED) is 0.529. The molecule has 1 atom stereocenters. The van der Waals surface area contributed by atoms with Gasteiger partial charge in [0, 0.05) is 18.2 Å². The molecule has 28 heavy (non-hydrogen) atoms. The minimum Gasteiger partial charge on any atom is -0.297 e. The van der Waals surface area contributed by atoms with Gasteiger partial charge in [-0.05, 0) is 63.6 Å². The van der Waals surface area contributed by atoms with Crippen molar-refractivity contribution in [1.82, 2.24) is 4.90 Å². The molecular formula is C25H31FN2. The summed E-state index contributed by atoms with van der Waals surface area (Å²) in [7, 11) is 0. The summed E-state index contributed by atoms with van der Waals surface area (Å²) in [5.41, 5.74) is 1.20. The summed E-state index contributed by atoms with van der Waals surface area (Å²) >= 11 is 0. The lowest BCUT2D eigenvalue weighted by atomic mass is 9.60. The normalized spacial score (nSPS) is 16.6. The Labute approximate surface area is 169 Å². The Bertz CT molecular complexity index is 792. The summed E-state index contributed by atoms with van der Waals surface area (Å²) < 4.78 is 14.6. The van der Waals surface area contributed by atoms with Crippen LogP contribution in [0.5, 0.6) is 0 Å². The number of hydrogen-bond acceptors (Lipinski definition) is 2. The zero-order valence-corrected chi connectivity index (χ0v) is 17.1. The number of benzene rings is 2. The number of hydrogen-bond donors (Lipinski definition) is 0. The van der Waals surface area contributed by atoms with E-state index >= 15 is 0 Å². The van der Waals surface area contributed by atoms with Gasteiger partial charge in [-0.25, -0.2) is 4.39 Å². The number of nitrogens with zero attached hydrogens (tertiary/aromatic N) is 2. The van der Waals surface area contributed by atoms with Gasteiger partial charge >= 0.3 is 0 Å². The molecule has 1 fully saturated rings. The molecule has 0 radical (unpaired) electrons. The summed E-state index contributed by atoms with van der Waals surface area (Å²) in [5.74, 6) is 0.0389. The average molecular weight is 379 g/mol. The van der Waals surface area contributed by atoms with Crippen LogP contribution in [0.4, 0.5) is 4.39 Å². The molecule has 0 spiro atoms. The molecule has 0 amide bonds.